The average molecular weight is 243 g/mol. The molecule has 0 heterocycles. The van der Waals surface area contributed by atoms with Crippen LogP contribution in [0.4, 0.5) is 0 Å². The molecule has 16 heavy (non-hydrogen) atoms. The second kappa shape index (κ2) is 7.60. The third-order valence-electron chi connectivity index (χ3n) is 3.52. The van der Waals surface area contributed by atoms with Crippen molar-refractivity contribution in [1.82, 2.24) is 5.32 Å². The molecular formula is C14H29NS. The molecule has 0 amide bonds. The van der Waals surface area contributed by atoms with E-state index in [2.05, 4.69) is 37.8 Å². The summed E-state index contributed by atoms with van der Waals surface area (Å²) in [5.74, 6) is 2.62. The van der Waals surface area contributed by atoms with Crippen LogP contribution in [0.15, 0.2) is 0 Å². The molecule has 96 valence electrons. The molecule has 0 aromatic rings. The fourth-order valence-corrected chi connectivity index (χ4v) is 2.97. The van der Waals surface area contributed by atoms with Crippen LogP contribution in [0.25, 0.3) is 0 Å². The van der Waals surface area contributed by atoms with Crippen molar-refractivity contribution in [1.29, 1.82) is 0 Å². The number of nitrogens with one attached hydrogen (secondary N) is 1. The van der Waals surface area contributed by atoms with Crippen LogP contribution in [0, 0.1) is 5.41 Å². The Morgan fingerprint density at radius 3 is 2.56 bits per heavy atom. The molecule has 0 aromatic heterocycles. The molecule has 0 radical (unpaired) electrons. The highest BCUT2D eigenvalue weighted by atomic mass is 32.2. The molecule has 0 bridgehead atoms. The van der Waals surface area contributed by atoms with E-state index in [4.69, 9.17) is 0 Å². The van der Waals surface area contributed by atoms with Crippen LogP contribution in [-0.2, 0) is 0 Å². The Morgan fingerprint density at radius 2 is 2.00 bits per heavy atom. The Kier molecular flexibility index (Phi) is 6.83. The average Bonchev–Trinajstić information content (AvgIpc) is 3.06. The molecule has 1 nitrogen and oxygen atoms in total. The van der Waals surface area contributed by atoms with Crippen LogP contribution in [0.2, 0.25) is 0 Å². The summed E-state index contributed by atoms with van der Waals surface area (Å²) in [7, 11) is 0. The van der Waals surface area contributed by atoms with E-state index < -0.39 is 0 Å². The predicted octanol–water partition coefficient (Wildman–Crippen LogP) is 4.08. The van der Waals surface area contributed by atoms with Gasteiger partial charge in [0.15, 0.2) is 0 Å². The van der Waals surface area contributed by atoms with Crippen LogP contribution >= 0.6 is 11.8 Å². The van der Waals surface area contributed by atoms with E-state index in [0.717, 1.165) is 6.04 Å². The molecule has 1 atom stereocenters. The summed E-state index contributed by atoms with van der Waals surface area (Å²) >= 11 is 2.08. The van der Waals surface area contributed by atoms with Crippen molar-refractivity contribution >= 4 is 11.8 Å². The molecule has 1 rings (SSSR count). The maximum Gasteiger partial charge on any atom is 0.00684 e. The van der Waals surface area contributed by atoms with Gasteiger partial charge in [-0.25, -0.2) is 0 Å². The minimum absolute atomic E-state index is 0.547. The summed E-state index contributed by atoms with van der Waals surface area (Å²) in [6.45, 7) is 8.28. The van der Waals surface area contributed by atoms with Gasteiger partial charge in [-0.15, -0.1) is 0 Å². The van der Waals surface area contributed by atoms with E-state index >= 15 is 0 Å². The van der Waals surface area contributed by atoms with Gasteiger partial charge in [-0.3, -0.25) is 0 Å². The smallest absolute Gasteiger partial charge is 0.00684 e. The van der Waals surface area contributed by atoms with E-state index in [1.165, 1.54) is 56.6 Å². The van der Waals surface area contributed by atoms with E-state index in [9.17, 15) is 0 Å². The summed E-state index contributed by atoms with van der Waals surface area (Å²) in [5.41, 5.74) is 0.547. The Morgan fingerprint density at radius 1 is 1.25 bits per heavy atom. The second-order valence-electron chi connectivity index (χ2n) is 5.52. The Balaban J connectivity index is 2.18. The van der Waals surface area contributed by atoms with Gasteiger partial charge in [0.25, 0.3) is 0 Å². The Bertz CT molecular complexity index is 180. The number of hydrogen-bond donors (Lipinski definition) is 1. The Labute approximate surface area is 106 Å². The predicted molar refractivity (Wildman–Crippen MR) is 76.3 cm³/mol. The quantitative estimate of drug-likeness (QED) is 0.580. The highest BCUT2D eigenvalue weighted by Crippen LogP contribution is 2.30. The molecule has 1 saturated carbocycles. The molecule has 1 aliphatic carbocycles. The summed E-state index contributed by atoms with van der Waals surface area (Å²) in [6, 6.07) is 0.862. The second-order valence-corrected chi connectivity index (χ2v) is 6.91. The third-order valence-corrected chi connectivity index (χ3v) is 4.51. The molecule has 1 aliphatic rings. The minimum Gasteiger partial charge on any atom is -0.313 e. The lowest BCUT2D eigenvalue weighted by atomic mass is 9.81. The van der Waals surface area contributed by atoms with E-state index in [1.807, 2.05) is 0 Å². The first-order chi connectivity index (χ1) is 7.70. The largest absolute Gasteiger partial charge is 0.313 e. The maximum absolute atomic E-state index is 3.72. The van der Waals surface area contributed by atoms with E-state index in [1.54, 1.807) is 0 Å². The van der Waals surface area contributed by atoms with Crippen molar-refractivity contribution in [2.24, 2.45) is 5.41 Å². The highest BCUT2D eigenvalue weighted by Gasteiger charge is 2.27. The molecule has 1 fully saturated rings. The van der Waals surface area contributed by atoms with Gasteiger partial charge in [-0.05, 0) is 49.0 Å². The molecule has 0 saturated heterocycles. The van der Waals surface area contributed by atoms with Crippen LogP contribution in [0.1, 0.15) is 59.3 Å². The van der Waals surface area contributed by atoms with Crippen LogP contribution in [-0.4, -0.2) is 24.1 Å². The first-order valence-corrected chi connectivity index (χ1v) is 8.17. The van der Waals surface area contributed by atoms with Crippen molar-refractivity contribution in [3.05, 3.63) is 0 Å². The van der Waals surface area contributed by atoms with Gasteiger partial charge in [-0.2, -0.15) is 11.8 Å². The lowest BCUT2D eigenvalue weighted by Gasteiger charge is -2.30. The standard InChI is InChI=1S/C14H29NS/c1-4-9-14(3,10-6-11-16-5-2)12-15-13-7-8-13/h13,15H,4-12H2,1-3H3. The molecule has 0 aromatic carbocycles. The van der Waals surface area contributed by atoms with Gasteiger partial charge < -0.3 is 5.32 Å². The molecule has 0 spiro atoms. The highest BCUT2D eigenvalue weighted by molar-refractivity contribution is 7.99. The van der Waals surface area contributed by atoms with Crippen LogP contribution in [0.5, 0.6) is 0 Å². The molecular weight excluding hydrogens is 214 g/mol. The topological polar surface area (TPSA) is 12.0 Å². The zero-order chi connectivity index (χ0) is 11.9. The normalized spacial score (nSPS) is 19.7. The zero-order valence-electron chi connectivity index (χ0n) is 11.3. The summed E-state index contributed by atoms with van der Waals surface area (Å²) < 4.78 is 0. The van der Waals surface area contributed by atoms with Crippen molar-refractivity contribution in [2.75, 3.05) is 18.1 Å². The summed E-state index contributed by atoms with van der Waals surface area (Å²) in [5, 5.41) is 3.72. The van der Waals surface area contributed by atoms with Gasteiger partial charge in [0.2, 0.25) is 0 Å². The Hall–Kier alpha value is 0.310. The fraction of sp³-hybridized carbons (Fsp3) is 1.00. The van der Waals surface area contributed by atoms with E-state index in [0.29, 0.717) is 5.41 Å². The van der Waals surface area contributed by atoms with Gasteiger partial charge in [0.05, 0.1) is 0 Å². The van der Waals surface area contributed by atoms with Gasteiger partial charge in [0.1, 0.15) is 0 Å². The monoisotopic (exact) mass is 243 g/mol. The fourth-order valence-electron chi connectivity index (χ4n) is 2.33. The summed E-state index contributed by atoms with van der Waals surface area (Å²) in [6.07, 6.45) is 8.31. The molecule has 1 unspecified atom stereocenters. The molecule has 1 N–H and O–H groups in total. The van der Waals surface area contributed by atoms with Crippen LogP contribution in [0.3, 0.4) is 0 Å². The number of thioether (sulfide) groups is 1. The third kappa shape index (κ3) is 6.15. The van der Waals surface area contributed by atoms with E-state index in [-0.39, 0.29) is 0 Å². The van der Waals surface area contributed by atoms with Crippen molar-refractivity contribution in [3.8, 4) is 0 Å². The minimum atomic E-state index is 0.547. The lowest BCUT2D eigenvalue weighted by molar-refractivity contribution is 0.253. The van der Waals surface area contributed by atoms with Gasteiger partial charge >= 0.3 is 0 Å². The number of hydrogen-bond acceptors (Lipinski definition) is 2. The van der Waals surface area contributed by atoms with Crippen molar-refractivity contribution < 1.29 is 0 Å². The van der Waals surface area contributed by atoms with Gasteiger partial charge in [-0.1, -0.05) is 27.2 Å². The maximum atomic E-state index is 3.72. The van der Waals surface area contributed by atoms with Crippen molar-refractivity contribution in [3.63, 3.8) is 0 Å². The first kappa shape index (κ1) is 14.4. The summed E-state index contributed by atoms with van der Waals surface area (Å²) in [4.78, 5) is 0. The SMILES string of the molecule is CCCC(C)(CCCSCC)CNC1CC1. The lowest BCUT2D eigenvalue weighted by Crippen LogP contribution is -2.33. The van der Waals surface area contributed by atoms with Gasteiger partial charge in [0, 0.05) is 12.6 Å². The van der Waals surface area contributed by atoms with Crippen molar-refractivity contribution in [2.45, 2.75) is 65.3 Å². The first-order valence-electron chi connectivity index (χ1n) is 7.01. The van der Waals surface area contributed by atoms with Crippen LogP contribution < -0.4 is 5.32 Å². The molecule has 2 heteroatoms. The zero-order valence-corrected chi connectivity index (χ0v) is 12.2. The number of rotatable bonds is 10. The molecule has 0 aliphatic heterocycles.